The molecule has 0 atom stereocenters. The summed E-state index contributed by atoms with van der Waals surface area (Å²) in [6.07, 6.45) is 0. The van der Waals surface area contributed by atoms with E-state index in [9.17, 15) is 17.2 Å². The number of nitrogens with two attached hydrogens (primary N) is 1. The second kappa shape index (κ2) is 8.52. The van der Waals surface area contributed by atoms with E-state index in [2.05, 4.69) is 0 Å². The van der Waals surface area contributed by atoms with E-state index in [0.29, 0.717) is 39.4 Å². The molecule has 0 aliphatic heterocycles. The third-order valence-corrected chi connectivity index (χ3v) is 5.72. The van der Waals surface area contributed by atoms with Crippen LogP contribution in [0.15, 0.2) is 53.4 Å². The van der Waals surface area contributed by atoms with E-state index in [1.807, 2.05) is 19.0 Å². The van der Waals surface area contributed by atoms with Crippen molar-refractivity contribution in [3.8, 4) is 33.8 Å². The predicted octanol–water partition coefficient (Wildman–Crippen LogP) is 4.03. The van der Waals surface area contributed by atoms with Gasteiger partial charge < -0.3 is 14.4 Å². The van der Waals surface area contributed by atoms with Crippen molar-refractivity contribution in [1.82, 2.24) is 0 Å². The molecule has 0 aliphatic carbocycles. The van der Waals surface area contributed by atoms with Gasteiger partial charge >= 0.3 is 0 Å². The fourth-order valence-corrected chi connectivity index (χ4v) is 3.85. The Balaban J connectivity index is 2.27. The second-order valence-electron chi connectivity index (χ2n) is 7.01. The third-order valence-electron chi connectivity index (χ3n) is 4.79. The van der Waals surface area contributed by atoms with Crippen LogP contribution in [0.3, 0.4) is 0 Å². The van der Waals surface area contributed by atoms with Gasteiger partial charge in [-0.1, -0.05) is 12.1 Å². The topological polar surface area (TPSA) is 81.9 Å². The molecule has 0 saturated heterocycles. The van der Waals surface area contributed by atoms with Gasteiger partial charge in [0.15, 0.2) is 11.6 Å². The molecule has 164 valence electrons. The highest BCUT2D eigenvalue weighted by Crippen LogP contribution is 2.43. The molecule has 0 heterocycles. The van der Waals surface area contributed by atoms with E-state index in [-0.39, 0.29) is 4.90 Å². The molecule has 0 radical (unpaired) electrons. The van der Waals surface area contributed by atoms with E-state index in [4.69, 9.17) is 14.6 Å². The zero-order valence-corrected chi connectivity index (χ0v) is 18.3. The van der Waals surface area contributed by atoms with E-state index < -0.39 is 21.7 Å². The summed E-state index contributed by atoms with van der Waals surface area (Å²) in [7, 11) is 2.78. The highest BCUT2D eigenvalue weighted by molar-refractivity contribution is 7.89. The molecule has 3 aromatic rings. The normalized spacial score (nSPS) is 11.3. The number of hydrogen-bond donors (Lipinski definition) is 1. The molecule has 0 saturated carbocycles. The van der Waals surface area contributed by atoms with Crippen molar-refractivity contribution in [3.05, 3.63) is 60.2 Å². The molecule has 3 rings (SSSR count). The number of methoxy groups -OCH3 is 2. The standard InChI is InChI=1S/C22H22F2N2O4S/c1-26(2)22-20(29-3)9-14(10-21(22)30-4)17-12-19(24)18(23)11-16(17)13-5-7-15(8-6-13)31(25,27)28/h5-12H,1-4H3,(H2,25,27,28). The smallest absolute Gasteiger partial charge is 0.238 e. The minimum Gasteiger partial charge on any atom is -0.494 e. The molecule has 6 nitrogen and oxygen atoms in total. The van der Waals surface area contributed by atoms with Crippen LogP contribution in [-0.4, -0.2) is 36.7 Å². The summed E-state index contributed by atoms with van der Waals surface area (Å²) >= 11 is 0. The van der Waals surface area contributed by atoms with Gasteiger partial charge in [0.1, 0.15) is 17.2 Å². The van der Waals surface area contributed by atoms with Crippen LogP contribution in [0.4, 0.5) is 14.5 Å². The van der Waals surface area contributed by atoms with Crippen LogP contribution >= 0.6 is 0 Å². The lowest BCUT2D eigenvalue weighted by atomic mass is 9.93. The number of sulfonamides is 1. The van der Waals surface area contributed by atoms with Crippen molar-refractivity contribution in [2.75, 3.05) is 33.2 Å². The van der Waals surface area contributed by atoms with E-state index in [1.165, 1.54) is 38.5 Å². The van der Waals surface area contributed by atoms with Crippen molar-refractivity contribution in [1.29, 1.82) is 0 Å². The van der Waals surface area contributed by atoms with E-state index >= 15 is 0 Å². The van der Waals surface area contributed by atoms with Gasteiger partial charge in [-0.15, -0.1) is 0 Å². The average Bonchev–Trinajstić information content (AvgIpc) is 2.73. The lowest BCUT2D eigenvalue weighted by Crippen LogP contribution is -2.12. The molecule has 0 spiro atoms. The van der Waals surface area contributed by atoms with Gasteiger partial charge in [0.25, 0.3) is 0 Å². The first-order chi connectivity index (χ1) is 14.6. The van der Waals surface area contributed by atoms with Crippen LogP contribution in [0.5, 0.6) is 11.5 Å². The van der Waals surface area contributed by atoms with Gasteiger partial charge in [-0.05, 0) is 58.7 Å². The molecule has 0 unspecified atom stereocenters. The predicted molar refractivity (Wildman–Crippen MR) is 116 cm³/mol. The van der Waals surface area contributed by atoms with Gasteiger partial charge in [0.05, 0.1) is 19.1 Å². The maximum atomic E-state index is 14.2. The lowest BCUT2D eigenvalue weighted by Gasteiger charge is -2.22. The fraction of sp³-hybridized carbons (Fsp3) is 0.182. The van der Waals surface area contributed by atoms with Crippen LogP contribution in [0.2, 0.25) is 0 Å². The summed E-state index contributed by atoms with van der Waals surface area (Å²) in [6.45, 7) is 0. The Hall–Kier alpha value is -3.17. The number of benzene rings is 3. The van der Waals surface area contributed by atoms with Gasteiger partial charge in [-0.3, -0.25) is 0 Å². The molecule has 3 aromatic carbocycles. The minimum atomic E-state index is -3.88. The van der Waals surface area contributed by atoms with Crippen molar-refractivity contribution in [2.45, 2.75) is 4.90 Å². The summed E-state index contributed by atoms with van der Waals surface area (Å²) in [4.78, 5) is 1.73. The molecular formula is C22H22F2N2O4S. The van der Waals surface area contributed by atoms with Crippen molar-refractivity contribution >= 4 is 15.7 Å². The minimum absolute atomic E-state index is 0.0842. The van der Waals surface area contributed by atoms with Crippen molar-refractivity contribution in [3.63, 3.8) is 0 Å². The molecule has 9 heteroatoms. The Labute approximate surface area is 179 Å². The summed E-state index contributed by atoms with van der Waals surface area (Å²) < 4.78 is 62.4. The first kappa shape index (κ1) is 22.5. The first-order valence-electron chi connectivity index (χ1n) is 9.12. The molecule has 0 aromatic heterocycles. The second-order valence-corrected chi connectivity index (χ2v) is 8.57. The first-order valence-corrected chi connectivity index (χ1v) is 10.7. The zero-order chi connectivity index (χ0) is 22.9. The quantitative estimate of drug-likeness (QED) is 0.616. The number of halogens is 2. The van der Waals surface area contributed by atoms with Crippen LogP contribution < -0.4 is 19.5 Å². The molecule has 0 aliphatic rings. The molecule has 2 N–H and O–H groups in total. The summed E-state index contributed by atoms with van der Waals surface area (Å²) in [6, 6.07) is 11.1. The average molecular weight is 448 g/mol. The van der Waals surface area contributed by atoms with Gasteiger partial charge in [0, 0.05) is 14.1 Å². The zero-order valence-electron chi connectivity index (χ0n) is 17.4. The van der Waals surface area contributed by atoms with Crippen molar-refractivity contribution < 1.29 is 26.7 Å². The van der Waals surface area contributed by atoms with Crippen LogP contribution in [0, 0.1) is 11.6 Å². The number of nitrogens with zero attached hydrogens (tertiary/aromatic N) is 1. The molecule has 0 amide bonds. The van der Waals surface area contributed by atoms with Crippen LogP contribution in [0.25, 0.3) is 22.3 Å². The Bertz CT molecular complexity index is 1200. The summed E-state index contributed by atoms with van der Waals surface area (Å²) in [5.74, 6) is -1.08. The Morgan fingerprint density at radius 2 is 1.26 bits per heavy atom. The summed E-state index contributed by atoms with van der Waals surface area (Å²) in [5, 5.41) is 5.14. The maximum Gasteiger partial charge on any atom is 0.238 e. The Kier molecular flexibility index (Phi) is 6.19. The van der Waals surface area contributed by atoms with Gasteiger partial charge in [-0.25, -0.2) is 22.3 Å². The summed E-state index contributed by atoms with van der Waals surface area (Å²) in [5.41, 5.74) is 2.45. The van der Waals surface area contributed by atoms with Crippen molar-refractivity contribution in [2.24, 2.45) is 5.14 Å². The number of primary sulfonamides is 1. The van der Waals surface area contributed by atoms with E-state index in [1.54, 1.807) is 12.1 Å². The number of ether oxygens (including phenoxy) is 2. The largest absolute Gasteiger partial charge is 0.494 e. The van der Waals surface area contributed by atoms with E-state index in [0.717, 1.165) is 12.1 Å². The Morgan fingerprint density at radius 3 is 1.65 bits per heavy atom. The van der Waals surface area contributed by atoms with Crippen LogP contribution in [0.1, 0.15) is 0 Å². The van der Waals surface area contributed by atoms with Gasteiger partial charge in [0.2, 0.25) is 10.0 Å². The monoisotopic (exact) mass is 448 g/mol. The van der Waals surface area contributed by atoms with Crippen LogP contribution in [-0.2, 0) is 10.0 Å². The number of rotatable bonds is 6. The lowest BCUT2D eigenvalue weighted by molar-refractivity contribution is 0.396. The fourth-order valence-electron chi connectivity index (χ4n) is 3.34. The number of anilines is 1. The highest BCUT2D eigenvalue weighted by atomic mass is 32.2. The van der Waals surface area contributed by atoms with Gasteiger partial charge in [-0.2, -0.15) is 0 Å². The third kappa shape index (κ3) is 4.47. The highest BCUT2D eigenvalue weighted by Gasteiger charge is 2.19. The molecule has 31 heavy (non-hydrogen) atoms. The Morgan fingerprint density at radius 1 is 0.806 bits per heavy atom. The SMILES string of the molecule is COc1cc(-c2cc(F)c(F)cc2-c2ccc(S(N)(=O)=O)cc2)cc(OC)c1N(C)C. The number of hydrogen-bond acceptors (Lipinski definition) is 5. The molecular weight excluding hydrogens is 426 g/mol. The molecule has 0 bridgehead atoms. The maximum absolute atomic E-state index is 14.2. The molecule has 0 fully saturated rings.